The molecule has 2 aliphatic rings. The van der Waals surface area contributed by atoms with Crippen molar-refractivity contribution in [3.63, 3.8) is 0 Å². The maximum Gasteiger partial charge on any atom is 0.229 e. The lowest BCUT2D eigenvalue weighted by Crippen LogP contribution is -2.29. The summed E-state index contributed by atoms with van der Waals surface area (Å²) in [7, 11) is 1.89. The monoisotopic (exact) mass is 382 g/mol. The third-order valence-corrected chi connectivity index (χ3v) is 5.63. The third-order valence-electron chi connectivity index (χ3n) is 5.63. The van der Waals surface area contributed by atoms with Crippen LogP contribution in [-0.2, 0) is 23.2 Å². The number of amides is 2. The van der Waals surface area contributed by atoms with Crippen molar-refractivity contribution in [2.75, 3.05) is 29.9 Å². The molecule has 0 saturated carbocycles. The predicted molar refractivity (Wildman–Crippen MR) is 106 cm³/mol. The summed E-state index contributed by atoms with van der Waals surface area (Å²) >= 11 is 0. The molecular formula is C20H26N6O2. The Morgan fingerprint density at radius 1 is 1.29 bits per heavy atom. The number of aryl methyl sites for hydroxylation is 1. The average Bonchev–Trinajstić information content (AvgIpc) is 3.40. The van der Waals surface area contributed by atoms with Crippen LogP contribution in [0.5, 0.6) is 0 Å². The fourth-order valence-electron chi connectivity index (χ4n) is 3.90. The smallest absolute Gasteiger partial charge is 0.229 e. The highest BCUT2D eigenvalue weighted by Gasteiger charge is 2.35. The average molecular weight is 382 g/mol. The minimum Gasteiger partial charge on any atom is -0.353 e. The summed E-state index contributed by atoms with van der Waals surface area (Å²) in [6, 6.07) is 5.64. The van der Waals surface area contributed by atoms with Crippen molar-refractivity contribution in [2.24, 2.45) is 13.0 Å². The molecule has 1 N–H and O–H groups in total. The number of rotatable bonds is 5. The SMILES string of the molecule is Cc1c(NC(=O)C2CC(=O)N(Cc3ccccn3)C2)c(N2CCCC2)nn1C. The van der Waals surface area contributed by atoms with Crippen LogP contribution in [0.15, 0.2) is 24.4 Å². The highest BCUT2D eigenvalue weighted by molar-refractivity contribution is 5.99. The van der Waals surface area contributed by atoms with Crippen molar-refractivity contribution < 1.29 is 9.59 Å². The van der Waals surface area contributed by atoms with Crippen LogP contribution in [0.4, 0.5) is 11.5 Å². The van der Waals surface area contributed by atoms with Crippen molar-refractivity contribution in [1.29, 1.82) is 0 Å². The molecule has 0 radical (unpaired) electrons. The standard InChI is InChI=1S/C20H26N6O2/c1-14-18(19(23-24(14)2)25-9-5-6-10-25)22-20(28)15-11-17(27)26(12-15)13-16-7-3-4-8-21-16/h3-4,7-8,15H,5-6,9-13H2,1-2H3,(H,22,28). The minimum absolute atomic E-state index is 0.00604. The molecule has 2 aromatic rings. The Morgan fingerprint density at radius 2 is 2.07 bits per heavy atom. The molecule has 0 aromatic carbocycles. The maximum absolute atomic E-state index is 12.9. The van der Waals surface area contributed by atoms with Gasteiger partial charge in [0, 0.05) is 39.3 Å². The minimum atomic E-state index is -0.359. The number of carbonyl (C=O) groups excluding carboxylic acids is 2. The fraction of sp³-hybridized carbons (Fsp3) is 0.500. The van der Waals surface area contributed by atoms with E-state index in [0.717, 1.165) is 48.8 Å². The number of hydrogen-bond donors (Lipinski definition) is 1. The molecule has 0 spiro atoms. The predicted octanol–water partition coefficient (Wildman–Crippen LogP) is 1.71. The lowest BCUT2D eigenvalue weighted by Gasteiger charge is -2.18. The Morgan fingerprint density at radius 3 is 2.79 bits per heavy atom. The number of nitrogens with zero attached hydrogens (tertiary/aromatic N) is 5. The molecule has 0 aliphatic carbocycles. The van der Waals surface area contributed by atoms with Crippen LogP contribution in [0.3, 0.4) is 0 Å². The number of pyridine rings is 1. The molecule has 2 aliphatic heterocycles. The number of carbonyl (C=O) groups is 2. The second-order valence-electron chi connectivity index (χ2n) is 7.59. The van der Waals surface area contributed by atoms with Gasteiger partial charge in [-0.05, 0) is 31.9 Å². The third kappa shape index (κ3) is 3.58. The number of anilines is 2. The van der Waals surface area contributed by atoms with Crippen LogP contribution in [0.1, 0.15) is 30.7 Å². The second-order valence-corrected chi connectivity index (χ2v) is 7.59. The number of nitrogens with one attached hydrogen (secondary N) is 1. The summed E-state index contributed by atoms with van der Waals surface area (Å²) < 4.78 is 1.80. The molecule has 1 unspecified atom stereocenters. The van der Waals surface area contributed by atoms with Gasteiger partial charge in [0.15, 0.2) is 5.82 Å². The van der Waals surface area contributed by atoms with Gasteiger partial charge in [-0.1, -0.05) is 6.07 Å². The van der Waals surface area contributed by atoms with Crippen LogP contribution in [0, 0.1) is 12.8 Å². The van der Waals surface area contributed by atoms with E-state index in [2.05, 4.69) is 20.3 Å². The Balaban J connectivity index is 1.45. The van der Waals surface area contributed by atoms with Gasteiger partial charge in [-0.25, -0.2) is 0 Å². The molecule has 8 nitrogen and oxygen atoms in total. The van der Waals surface area contributed by atoms with E-state index in [4.69, 9.17) is 0 Å². The Bertz CT molecular complexity index is 872. The van der Waals surface area contributed by atoms with Gasteiger partial charge in [0.25, 0.3) is 0 Å². The van der Waals surface area contributed by atoms with Crippen molar-refractivity contribution in [3.05, 3.63) is 35.8 Å². The largest absolute Gasteiger partial charge is 0.353 e. The van der Waals surface area contributed by atoms with Gasteiger partial charge < -0.3 is 15.1 Å². The summed E-state index contributed by atoms with van der Waals surface area (Å²) in [6.07, 6.45) is 4.23. The number of aromatic nitrogens is 3. The van der Waals surface area contributed by atoms with E-state index in [9.17, 15) is 9.59 Å². The van der Waals surface area contributed by atoms with Crippen LogP contribution in [0.2, 0.25) is 0 Å². The Hall–Kier alpha value is -2.90. The summed E-state index contributed by atoms with van der Waals surface area (Å²) in [5.74, 6) is 0.352. The lowest BCUT2D eigenvalue weighted by molar-refractivity contribution is -0.128. The van der Waals surface area contributed by atoms with Crippen LogP contribution in [0.25, 0.3) is 0 Å². The van der Waals surface area contributed by atoms with E-state index in [1.807, 2.05) is 32.2 Å². The fourth-order valence-corrected chi connectivity index (χ4v) is 3.90. The summed E-state index contributed by atoms with van der Waals surface area (Å²) in [6.45, 7) is 4.72. The first kappa shape index (κ1) is 18.5. The topological polar surface area (TPSA) is 83.4 Å². The Kier molecular flexibility index (Phi) is 5.02. The van der Waals surface area contributed by atoms with Crippen molar-refractivity contribution >= 4 is 23.3 Å². The molecule has 4 rings (SSSR count). The maximum atomic E-state index is 12.9. The molecule has 2 saturated heterocycles. The Labute approximate surface area is 164 Å². The van der Waals surface area contributed by atoms with Crippen LogP contribution in [-0.4, -0.2) is 51.1 Å². The van der Waals surface area contributed by atoms with E-state index in [1.54, 1.807) is 15.8 Å². The molecule has 148 valence electrons. The van der Waals surface area contributed by atoms with Gasteiger partial charge in [-0.2, -0.15) is 5.10 Å². The molecule has 0 bridgehead atoms. The first-order chi connectivity index (χ1) is 13.5. The van der Waals surface area contributed by atoms with E-state index in [-0.39, 0.29) is 24.2 Å². The van der Waals surface area contributed by atoms with E-state index in [0.29, 0.717) is 13.1 Å². The molecule has 28 heavy (non-hydrogen) atoms. The zero-order valence-corrected chi connectivity index (χ0v) is 16.4. The molecular weight excluding hydrogens is 356 g/mol. The zero-order chi connectivity index (χ0) is 19.7. The first-order valence-electron chi connectivity index (χ1n) is 9.80. The summed E-state index contributed by atoms with van der Waals surface area (Å²) in [5, 5.41) is 7.66. The summed E-state index contributed by atoms with van der Waals surface area (Å²) in [4.78, 5) is 33.5. The molecule has 2 aromatic heterocycles. The zero-order valence-electron chi connectivity index (χ0n) is 16.4. The summed E-state index contributed by atoms with van der Waals surface area (Å²) in [5.41, 5.74) is 2.52. The molecule has 4 heterocycles. The molecule has 2 fully saturated rings. The van der Waals surface area contributed by atoms with E-state index >= 15 is 0 Å². The van der Waals surface area contributed by atoms with Gasteiger partial charge in [-0.3, -0.25) is 19.3 Å². The van der Waals surface area contributed by atoms with Crippen molar-refractivity contribution in [1.82, 2.24) is 19.7 Å². The normalized spacial score (nSPS) is 19.5. The molecule has 8 heteroatoms. The van der Waals surface area contributed by atoms with Gasteiger partial charge >= 0.3 is 0 Å². The second kappa shape index (κ2) is 7.61. The first-order valence-corrected chi connectivity index (χ1v) is 9.80. The highest BCUT2D eigenvalue weighted by Crippen LogP contribution is 2.31. The quantitative estimate of drug-likeness (QED) is 0.851. The van der Waals surface area contributed by atoms with Crippen molar-refractivity contribution in [2.45, 2.75) is 32.7 Å². The van der Waals surface area contributed by atoms with Gasteiger partial charge in [0.2, 0.25) is 11.8 Å². The number of likely N-dealkylation sites (tertiary alicyclic amines) is 1. The van der Waals surface area contributed by atoms with E-state index in [1.165, 1.54) is 0 Å². The van der Waals surface area contributed by atoms with Crippen molar-refractivity contribution in [3.8, 4) is 0 Å². The van der Waals surface area contributed by atoms with Gasteiger partial charge in [0.1, 0.15) is 5.69 Å². The lowest BCUT2D eigenvalue weighted by atomic mass is 10.1. The molecule has 1 atom stereocenters. The van der Waals surface area contributed by atoms with Crippen LogP contribution >= 0.6 is 0 Å². The van der Waals surface area contributed by atoms with Crippen LogP contribution < -0.4 is 10.2 Å². The number of hydrogen-bond acceptors (Lipinski definition) is 5. The molecule has 2 amide bonds. The highest BCUT2D eigenvalue weighted by atomic mass is 16.2. The van der Waals surface area contributed by atoms with E-state index < -0.39 is 0 Å². The van der Waals surface area contributed by atoms with Gasteiger partial charge in [-0.15, -0.1) is 0 Å². The van der Waals surface area contributed by atoms with Gasteiger partial charge in [0.05, 0.1) is 23.9 Å².